The van der Waals surface area contributed by atoms with Gasteiger partial charge in [-0.05, 0) is 50.1 Å². The van der Waals surface area contributed by atoms with Crippen molar-refractivity contribution >= 4 is 34.9 Å². The standard InChI is InChI=1S/C24H28N4O4/c1-5-32-24(31)20-14-21(28(26-20)18-11-7-6-8-12-18)23(30)27(4)15-22(29)25-19-13-9-10-16(2)17(19)3/h6-13,21H,5,14-15H2,1-4H3,(H,25,29). The van der Waals surface area contributed by atoms with E-state index in [0.717, 1.165) is 16.8 Å². The lowest BCUT2D eigenvalue weighted by Gasteiger charge is -2.27. The van der Waals surface area contributed by atoms with Crippen molar-refractivity contribution < 1.29 is 19.1 Å². The fraction of sp³-hybridized carbons (Fsp3) is 0.333. The summed E-state index contributed by atoms with van der Waals surface area (Å²) < 4.78 is 5.06. The normalized spacial score (nSPS) is 15.2. The topological polar surface area (TPSA) is 91.3 Å². The molecule has 0 bridgehead atoms. The Morgan fingerprint density at radius 3 is 2.53 bits per heavy atom. The second-order valence-electron chi connectivity index (χ2n) is 7.66. The van der Waals surface area contributed by atoms with E-state index in [1.807, 2.05) is 62.4 Å². The third kappa shape index (κ3) is 5.14. The van der Waals surface area contributed by atoms with E-state index in [-0.39, 0.29) is 37.1 Å². The summed E-state index contributed by atoms with van der Waals surface area (Å²) >= 11 is 0. The lowest BCUT2D eigenvalue weighted by molar-refractivity contribution is -0.135. The summed E-state index contributed by atoms with van der Waals surface area (Å²) in [6.07, 6.45) is 0.107. The predicted octanol–water partition coefficient (Wildman–Crippen LogP) is 2.90. The summed E-state index contributed by atoms with van der Waals surface area (Å²) in [6, 6.07) is 14.1. The molecule has 1 heterocycles. The number of esters is 1. The molecule has 168 valence electrons. The fourth-order valence-electron chi connectivity index (χ4n) is 3.48. The third-order valence-corrected chi connectivity index (χ3v) is 5.36. The van der Waals surface area contributed by atoms with E-state index in [9.17, 15) is 14.4 Å². The zero-order valence-electron chi connectivity index (χ0n) is 18.8. The zero-order valence-corrected chi connectivity index (χ0v) is 18.8. The SMILES string of the molecule is CCOC(=O)C1=NN(c2ccccc2)C(C(=O)N(C)CC(=O)Nc2cccc(C)c2C)C1. The molecule has 2 aromatic carbocycles. The number of amides is 2. The number of nitrogens with one attached hydrogen (secondary N) is 1. The molecule has 1 unspecified atom stereocenters. The summed E-state index contributed by atoms with van der Waals surface area (Å²) in [5, 5.41) is 8.74. The van der Waals surface area contributed by atoms with Gasteiger partial charge in [0.05, 0.1) is 18.8 Å². The fourth-order valence-corrected chi connectivity index (χ4v) is 3.48. The van der Waals surface area contributed by atoms with Gasteiger partial charge in [0.1, 0.15) is 11.8 Å². The Hall–Kier alpha value is -3.68. The van der Waals surface area contributed by atoms with E-state index in [1.54, 1.807) is 14.0 Å². The van der Waals surface area contributed by atoms with Crippen molar-refractivity contribution in [1.82, 2.24) is 4.90 Å². The number of likely N-dealkylation sites (N-methyl/N-ethyl adjacent to an activating group) is 1. The minimum absolute atomic E-state index is 0.107. The largest absolute Gasteiger partial charge is 0.461 e. The van der Waals surface area contributed by atoms with E-state index >= 15 is 0 Å². The number of carbonyl (C=O) groups excluding carboxylic acids is 3. The molecular weight excluding hydrogens is 408 g/mol. The van der Waals surface area contributed by atoms with E-state index < -0.39 is 12.0 Å². The van der Waals surface area contributed by atoms with Gasteiger partial charge in [-0.3, -0.25) is 14.6 Å². The summed E-state index contributed by atoms with van der Waals surface area (Å²) in [6.45, 7) is 5.72. The minimum atomic E-state index is -0.740. The van der Waals surface area contributed by atoms with Crippen molar-refractivity contribution in [3.05, 3.63) is 59.7 Å². The number of aryl methyl sites for hydroxylation is 1. The Morgan fingerprint density at radius 2 is 1.84 bits per heavy atom. The highest BCUT2D eigenvalue weighted by Gasteiger charge is 2.38. The molecule has 3 rings (SSSR count). The highest BCUT2D eigenvalue weighted by atomic mass is 16.5. The van der Waals surface area contributed by atoms with Crippen LogP contribution in [0.25, 0.3) is 0 Å². The van der Waals surface area contributed by atoms with Gasteiger partial charge < -0.3 is 15.0 Å². The van der Waals surface area contributed by atoms with Gasteiger partial charge >= 0.3 is 5.97 Å². The first kappa shape index (κ1) is 23.0. The monoisotopic (exact) mass is 436 g/mol. The van der Waals surface area contributed by atoms with Crippen LogP contribution in [0.1, 0.15) is 24.5 Å². The van der Waals surface area contributed by atoms with Gasteiger partial charge in [-0.2, -0.15) is 5.10 Å². The van der Waals surface area contributed by atoms with Crippen molar-refractivity contribution in [2.75, 3.05) is 30.5 Å². The molecule has 2 amide bonds. The number of ether oxygens (including phenoxy) is 1. The van der Waals surface area contributed by atoms with Crippen LogP contribution in [0.15, 0.2) is 53.6 Å². The molecule has 0 fully saturated rings. The van der Waals surface area contributed by atoms with E-state index in [0.29, 0.717) is 5.69 Å². The molecule has 0 aliphatic carbocycles. The molecule has 1 aliphatic heterocycles. The quantitative estimate of drug-likeness (QED) is 0.674. The molecule has 0 spiro atoms. The zero-order chi connectivity index (χ0) is 23.3. The number of para-hydroxylation sites is 1. The van der Waals surface area contributed by atoms with Gasteiger partial charge in [-0.15, -0.1) is 0 Å². The predicted molar refractivity (Wildman–Crippen MR) is 124 cm³/mol. The van der Waals surface area contributed by atoms with E-state index in [1.165, 1.54) is 9.91 Å². The molecule has 2 aromatic rings. The van der Waals surface area contributed by atoms with Gasteiger partial charge in [0.25, 0.3) is 0 Å². The lowest BCUT2D eigenvalue weighted by atomic mass is 10.1. The molecule has 0 saturated heterocycles. The van der Waals surface area contributed by atoms with Crippen LogP contribution in [-0.4, -0.2) is 54.6 Å². The average Bonchev–Trinajstić information content (AvgIpc) is 3.22. The van der Waals surface area contributed by atoms with Crippen molar-refractivity contribution in [3.63, 3.8) is 0 Å². The Morgan fingerprint density at radius 1 is 1.12 bits per heavy atom. The number of hydrogen-bond acceptors (Lipinski definition) is 6. The number of rotatable bonds is 7. The molecular formula is C24H28N4O4. The molecule has 8 nitrogen and oxygen atoms in total. The van der Waals surface area contributed by atoms with Gasteiger partial charge in [-0.25, -0.2) is 4.79 Å². The second kappa shape index (κ2) is 10.1. The van der Waals surface area contributed by atoms with Crippen LogP contribution >= 0.6 is 0 Å². The van der Waals surface area contributed by atoms with Crippen molar-refractivity contribution in [2.45, 2.75) is 33.2 Å². The maximum absolute atomic E-state index is 13.2. The van der Waals surface area contributed by atoms with E-state index in [4.69, 9.17) is 4.74 Å². The van der Waals surface area contributed by atoms with Crippen LogP contribution in [0.5, 0.6) is 0 Å². The number of hydrazone groups is 1. The van der Waals surface area contributed by atoms with Crippen LogP contribution < -0.4 is 10.3 Å². The Labute approximate surface area is 187 Å². The van der Waals surface area contributed by atoms with Crippen molar-refractivity contribution in [1.29, 1.82) is 0 Å². The van der Waals surface area contributed by atoms with Crippen molar-refractivity contribution in [3.8, 4) is 0 Å². The molecule has 1 atom stereocenters. The average molecular weight is 437 g/mol. The minimum Gasteiger partial charge on any atom is -0.461 e. The summed E-state index contributed by atoms with van der Waals surface area (Å²) in [7, 11) is 1.57. The smallest absolute Gasteiger partial charge is 0.354 e. The number of hydrogen-bond donors (Lipinski definition) is 1. The summed E-state index contributed by atoms with van der Waals surface area (Å²) in [4.78, 5) is 39.4. The molecule has 8 heteroatoms. The van der Waals surface area contributed by atoms with Gasteiger partial charge in [0, 0.05) is 19.2 Å². The summed E-state index contributed by atoms with van der Waals surface area (Å²) in [5.74, 6) is -1.16. The highest BCUT2D eigenvalue weighted by molar-refractivity contribution is 6.38. The lowest BCUT2D eigenvalue weighted by Crippen LogP contribution is -2.46. The van der Waals surface area contributed by atoms with Gasteiger partial charge in [0.15, 0.2) is 0 Å². The van der Waals surface area contributed by atoms with Gasteiger partial charge in [-0.1, -0.05) is 30.3 Å². The maximum Gasteiger partial charge on any atom is 0.354 e. The Bertz CT molecular complexity index is 1040. The van der Waals surface area contributed by atoms with Crippen LogP contribution in [0.2, 0.25) is 0 Å². The number of anilines is 2. The molecule has 1 aliphatic rings. The Balaban J connectivity index is 1.73. The van der Waals surface area contributed by atoms with Crippen LogP contribution in [-0.2, 0) is 19.1 Å². The molecule has 0 radical (unpaired) electrons. The molecule has 0 saturated carbocycles. The molecule has 0 aromatic heterocycles. The number of benzene rings is 2. The van der Waals surface area contributed by atoms with Crippen molar-refractivity contribution in [2.24, 2.45) is 5.10 Å². The first-order valence-corrected chi connectivity index (χ1v) is 10.5. The second-order valence-corrected chi connectivity index (χ2v) is 7.66. The molecule has 1 N–H and O–H groups in total. The maximum atomic E-state index is 13.2. The van der Waals surface area contributed by atoms with E-state index in [2.05, 4.69) is 10.4 Å². The third-order valence-electron chi connectivity index (χ3n) is 5.36. The first-order chi connectivity index (χ1) is 15.3. The highest BCUT2D eigenvalue weighted by Crippen LogP contribution is 2.26. The van der Waals surface area contributed by atoms with Crippen LogP contribution in [0.3, 0.4) is 0 Å². The van der Waals surface area contributed by atoms with Gasteiger partial charge in [0.2, 0.25) is 11.8 Å². The summed E-state index contributed by atoms with van der Waals surface area (Å²) in [5.41, 5.74) is 3.63. The number of nitrogens with zero attached hydrogens (tertiary/aromatic N) is 3. The Kier molecular flexibility index (Phi) is 7.25. The molecule has 32 heavy (non-hydrogen) atoms. The first-order valence-electron chi connectivity index (χ1n) is 10.5. The van der Waals surface area contributed by atoms with Crippen LogP contribution in [0.4, 0.5) is 11.4 Å². The number of carbonyl (C=O) groups is 3. The van der Waals surface area contributed by atoms with Crippen LogP contribution in [0, 0.1) is 13.8 Å².